The maximum absolute atomic E-state index is 12.8. The third-order valence-electron chi connectivity index (χ3n) is 5.72. The molecule has 0 bridgehead atoms. The lowest BCUT2D eigenvalue weighted by atomic mass is 9.97. The first-order chi connectivity index (χ1) is 14.4. The van der Waals surface area contributed by atoms with Gasteiger partial charge in [-0.3, -0.25) is 9.36 Å². The van der Waals surface area contributed by atoms with Crippen molar-refractivity contribution in [3.05, 3.63) is 58.8 Å². The molecule has 158 valence electrons. The molecule has 7 nitrogen and oxygen atoms in total. The molecule has 0 saturated carbocycles. The Bertz CT molecular complexity index is 1120. The third-order valence-corrected chi connectivity index (χ3v) is 5.72. The molecule has 1 atom stereocenters. The van der Waals surface area contributed by atoms with Crippen molar-refractivity contribution in [3.8, 4) is 5.75 Å². The van der Waals surface area contributed by atoms with Gasteiger partial charge in [-0.2, -0.15) is 5.10 Å². The standard InChI is InChI=1S/C23H28N4O3/c1-16(2)27-22(24-25(3)23(27)29)19-9-6-12-26(14-19)21(28)15-30-20-11-10-17-7-4-5-8-18(17)13-20/h4-5,7-8,10-11,13,16,19H,6,9,12,14-15H2,1-3H3. The van der Waals surface area contributed by atoms with Crippen LogP contribution in [0.1, 0.15) is 44.5 Å². The maximum Gasteiger partial charge on any atom is 0.345 e. The van der Waals surface area contributed by atoms with Crippen molar-refractivity contribution < 1.29 is 9.53 Å². The van der Waals surface area contributed by atoms with Gasteiger partial charge < -0.3 is 9.64 Å². The predicted molar refractivity (Wildman–Crippen MR) is 116 cm³/mol. The van der Waals surface area contributed by atoms with Crippen LogP contribution < -0.4 is 10.4 Å². The molecule has 1 unspecified atom stereocenters. The number of aryl methyl sites for hydroxylation is 1. The number of carbonyl (C=O) groups excluding carboxylic acids is 1. The van der Waals surface area contributed by atoms with Crippen LogP contribution in [0.2, 0.25) is 0 Å². The lowest BCUT2D eigenvalue weighted by Gasteiger charge is -2.32. The molecule has 1 aliphatic rings. The number of ether oxygens (including phenoxy) is 1. The summed E-state index contributed by atoms with van der Waals surface area (Å²) in [6.45, 7) is 5.23. The molecule has 1 amide bonds. The normalized spacial score (nSPS) is 16.9. The van der Waals surface area contributed by atoms with E-state index in [4.69, 9.17) is 4.74 Å². The number of benzene rings is 2. The van der Waals surface area contributed by atoms with E-state index in [-0.39, 0.29) is 30.2 Å². The molecule has 0 aliphatic carbocycles. The number of hydrogen-bond donors (Lipinski definition) is 0. The zero-order chi connectivity index (χ0) is 21.3. The molecular formula is C23H28N4O3. The Morgan fingerprint density at radius 3 is 2.73 bits per heavy atom. The summed E-state index contributed by atoms with van der Waals surface area (Å²) in [4.78, 5) is 27.0. The van der Waals surface area contributed by atoms with Crippen molar-refractivity contribution in [2.24, 2.45) is 7.05 Å². The molecule has 0 radical (unpaired) electrons. The summed E-state index contributed by atoms with van der Waals surface area (Å²) in [5, 5.41) is 6.70. The predicted octanol–water partition coefficient (Wildman–Crippen LogP) is 3.10. The second kappa shape index (κ2) is 8.34. The van der Waals surface area contributed by atoms with Crippen molar-refractivity contribution in [3.63, 3.8) is 0 Å². The van der Waals surface area contributed by atoms with Gasteiger partial charge in [0.25, 0.3) is 5.91 Å². The average Bonchev–Trinajstić information content (AvgIpc) is 3.06. The summed E-state index contributed by atoms with van der Waals surface area (Å²) < 4.78 is 8.92. The highest BCUT2D eigenvalue weighted by Gasteiger charge is 2.30. The highest BCUT2D eigenvalue weighted by atomic mass is 16.5. The second-order valence-corrected chi connectivity index (χ2v) is 8.20. The van der Waals surface area contributed by atoms with Gasteiger partial charge in [0.1, 0.15) is 11.6 Å². The van der Waals surface area contributed by atoms with Crippen molar-refractivity contribution >= 4 is 16.7 Å². The van der Waals surface area contributed by atoms with Gasteiger partial charge in [0.05, 0.1) is 0 Å². The second-order valence-electron chi connectivity index (χ2n) is 8.20. The van der Waals surface area contributed by atoms with Gasteiger partial charge in [0.2, 0.25) is 0 Å². The maximum atomic E-state index is 12.8. The van der Waals surface area contributed by atoms with Gasteiger partial charge in [-0.15, -0.1) is 0 Å². The van der Waals surface area contributed by atoms with Crippen LogP contribution in [0.4, 0.5) is 0 Å². The highest BCUT2D eigenvalue weighted by Crippen LogP contribution is 2.27. The van der Waals surface area contributed by atoms with Crippen molar-refractivity contribution in [2.45, 2.75) is 38.6 Å². The molecule has 4 rings (SSSR count). The number of hydrogen-bond acceptors (Lipinski definition) is 4. The van der Waals surface area contributed by atoms with Gasteiger partial charge in [-0.1, -0.05) is 30.3 Å². The topological polar surface area (TPSA) is 69.4 Å². The van der Waals surface area contributed by atoms with E-state index in [1.807, 2.05) is 61.2 Å². The zero-order valence-electron chi connectivity index (χ0n) is 17.7. The van der Waals surface area contributed by atoms with Crippen molar-refractivity contribution in [1.82, 2.24) is 19.2 Å². The average molecular weight is 409 g/mol. The smallest absolute Gasteiger partial charge is 0.345 e. The quantitative estimate of drug-likeness (QED) is 0.651. The number of nitrogens with zero attached hydrogens (tertiary/aromatic N) is 4. The molecule has 2 heterocycles. The summed E-state index contributed by atoms with van der Waals surface area (Å²) in [6, 6.07) is 13.9. The van der Waals surface area contributed by atoms with Gasteiger partial charge >= 0.3 is 5.69 Å². The van der Waals surface area contributed by atoms with Gasteiger partial charge in [0.15, 0.2) is 6.61 Å². The first kappa shape index (κ1) is 20.2. The number of piperidine rings is 1. The molecule has 1 aromatic heterocycles. The first-order valence-electron chi connectivity index (χ1n) is 10.5. The highest BCUT2D eigenvalue weighted by molar-refractivity contribution is 5.84. The number of amides is 1. The molecule has 0 spiro atoms. The third kappa shape index (κ3) is 3.97. The van der Waals surface area contributed by atoms with Gasteiger partial charge in [-0.05, 0) is 49.6 Å². The van der Waals surface area contributed by atoms with E-state index in [1.165, 1.54) is 4.68 Å². The minimum absolute atomic E-state index is 0.00423. The van der Waals surface area contributed by atoms with E-state index in [0.717, 1.165) is 29.4 Å². The van der Waals surface area contributed by atoms with Crippen LogP contribution in [-0.4, -0.2) is 44.9 Å². The molecule has 1 aliphatic heterocycles. The fourth-order valence-electron chi connectivity index (χ4n) is 4.17. The van der Waals surface area contributed by atoms with E-state index < -0.39 is 0 Å². The number of aromatic nitrogens is 3. The largest absolute Gasteiger partial charge is 0.484 e. The number of likely N-dealkylation sites (tertiary alicyclic amines) is 1. The molecule has 30 heavy (non-hydrogen) atoms. The van der Waals surface area contributed by atoms with Crippen molar-refractivity contribution in [1.29, 1.82) is 0 Å². The summed E-state index contributed by atoms with van der Waals surface area (Å²) in [5.41, 5.74) is -0.108. The Balaban J connectivity index is 1.43. The minimum atomic E-state index is -0.108. The number of carbonyl (C=O) groups is 1. The SMILES string of the molecule is CC(C)n1c(C2CCCN(C(=O)COc3ccc4ccccc4c3)C2)nn(C)c1=O. The molecule has 3 aromatic rings. The number of fused-ring (bicyclic) bond motifs is 1. The molecule has 2 aromatic carbocycles. The van der Waals surface area contributed by atoms with Crippen LogP contribution in [0.5, 0.6) is 5.75 Å². The van der Waals surface area contributed by atoms with E-state index in [0.29, 0.717) is 18.8 Å². The van der Waals surface area contributed by atoms with Gasteiger partial charge in [-0.25, -0.2) is 9.48 Å². The van der Waals surface area contributed by atoms with E-state index in [2.05, 4.69) is 5.10 Å². The number of rotatable bonds is 5. The Hall–Kier alpha value is -3.09. The molecule has 7 heteroatoms. The van der Waals surface area contributed by atoms with E-state index in [9.17, 15) is 9.59 Å². The molecular weight excluding hydrogens is 380 g/mol. The molecule has 1 saturated heterocycles. The summed E-state index contributed by atoms with van der Waals surface area (Å²) in [7, 11) is 1.67. The van der Waals surface area contributed by atoms with Crippen molar-refractivity contribution in [2.75, 3.05) is 19.7 Å². The van der Waals surface area contributed by atoms with Crippen LogP contribution in [0, 0.1) is 0 Å². The monoisotopic (exact) mass is 408 g/mol. The van der Waals surface area contributed by atoms with E-state index in [1.54, 1.807) is 11.6 Å². The van der Waals surface area contributed by atoms with Gasteiger partial charge in [0, 0.05) is 32.1 Å². The van der Waals surface area contributed by atoms with Crippen LogP contribution in [0.25, 0.3) is 10.8 Å². The fourth-order valence-corrected chi connectivity index (χ4v) is 4.17. The fraction of sp³-hybridized carbons (Fsp3) is 0.435. The van der Waals surface area contributed by atoms with Crippen LogP contribution >= 0.6 is 0 Å². The summed E-state index contributed by atoms with van der Waals surface area (Å²) in [6.07, 6.45) is 1.80. The Morgan fingerprint density at radius 1 is 1.20 bits per heavy atom. The minimum Gasteiger partial charge on any atom is -0.484 e. The lowest BCUT2D eigenvalue weighted by molar-refractivity contribution is -0.134. The van der Waals surface area contributed by atoms with E-state index >= 15 is 0 Å². The molecule has 0 N–H and O–H groups in total. The summed E-state index contributed by atoms with van der Waals surface area (Å²) in [5.74, 6) is 1.47. The Morgan fingerprint density at radius 2 is 1.97 bits per heavy atom. The van der Waals surface area contributed by atoms with Crippen LogP contribution in [0.3, 0.4) is 0 Å². The van der Waals surface area contributed by atoms with Crippen LogP contribution in [0.15, 0.2) is 47.3 Å². The van der Waals surface area contributed by atoms with Crippen LogP contribution in [-0.2, 0) is 11.8 Å². The zero-order valence-corrected chi connectivity index (χ0v) is 17.7. The lowest BCUT2D eigenvalue weighted by Crippen LogP contribution is -2.42. The Labute approximate surface area is 175 Å². The summed E-state index contributed by atoms with van der Waals surface area (Å²) >= 11 is 0. The first-order valence-corrected chi connectivity index (χ1v) is 10.5. The Kier molecular flexibility index (Phi) is 5.61. The molecule has 1 fully saturated rings.